The first-order valence-electron chi connectivity index (χ1n) is 7.63. The van der Waals surface area contributed by atoms with Gasteiger partial charge < -0.3 is 24.1 Å². The second-order valence-corrected chi connectivity index (χ2v) is 5.35. The van der Waals surface area contributed by atoms with E-state index in [1.54, 1.807) is 0 Å². The summed E-state index contributed by atoms with van der Waals surface area (Å²) in [6, 6.07) is 0. The fraction of sp³-hybridized carbons (Fsp3) is 0.688. The summed E-state index contributed by atoms with van der Waals surface area (Å²) >= 11 is 0. The molecule has 0 amide bonds. The number of aliphatic hydroxyl groups excluding tert-OH is 1. The van der Waals surface area contributed by atoms with Crippen molar-refractivity contribution in [2.45, 2.75) is 39.3 Å². The second kappa shape index (κ2) is 7.76. The molecule has 6 nitrogen and oxygen atoms in total. The van der Waals surface area contributed by atoms with Crippen LogP contribution in [0.1, 0.15) is 26.7 Å². The summed E-state index contributed by atoms with van der Waals surface area (Å²) < 4.78 is 21.7. The quantitative estimate of drug-likeness (QED) is 0.438. The van der Waals surface area contributed by atoms with Gasteiger partial charge in [-0.25, -0.2) is 4.79 Å². The van der Waals surface area contributed by atoms with E-state index < -0.39 is 12.6 Å². The SMILES string of the molecule is CCOC(C)O[C@@H]1OC=C(C(=O)OC)[C@H]2CC=C(CCO)[C@H]12. The molecule has 1 unspecified atom stereocenters. The van der Waals surface area contributed by atoms with Crippen LogP contribution in [0.15, 0.2) is 23.5 Å². The highest BCUT2D eigenvalue weighted by Crippen LogP contribution is 2.44. The van der Waals surface area contributed by atoms with E-state index in [4.69, 9.17) is 18.9 Å². The maximum Gasteiger partial charge on any atom is 0.337 e. The first-order valence-corrected chi connectivity index (χ1v) is 7.63. The monoisotopic (exact) mass is 312 g/mol. The fourth-order valence-electron chi connectivity index (χ4n) is 3.11. The van der Waals surface area contributed by atoms with Gasteiger partial charge in [0.25, 0.3) is 0 Å². The minimum absolute atomic E-state index is 0.0402. The van der Waals surface area contributed by atoms with Gasteiger partial charge in [0.15, 0.2) is 6.29 Å². The zero-order chi connectivity index (χ0) is 16.1. The average molecular weight is 312 g/mol. The molecule has 1 aliphatic carbocycles. The maximum atomic E-state index is 11.9. The summed E-state index contributed by atoms with van der Waals surface area (Å²) in [6.07, 6.45) is 3.82. The lowest BCUT2D eigenvalue weighted by atomic mass is 9.82. The number of ether oxygens (including phenoxy) is 4. The highest BCUT2D eigenvalue weighted by atomic mass is 16.8. The summed E-state index contributed by atoms with van der Waals surface area (Å²) in [7, 11) is 1.36. The van der Waals surface area contributed by atoms with Crippen molar-refractivity contribution >= 4 is 5.97 Å². The van der Waals surface area contributed by atoms with Crippen LogP contribution in [0.5, 0.6) is 0 Å². The largest absolute Gasteiger partial charge is 0.471 e. The topological polar surface area (TPSA) is 74.2 Å². The Bertz CT molecular complexity index is 456. The van der Waals surface area contributed by atoms with Gasteiger partial charge in [0.05, 0.1) is 24.9 Å². The fourth-order valence-corrected chi connectivity index (χ4v) is 3.11. The van der Waals surface area contributed by atoms with Gasteiger partial charge in [-0.1, -0.05) is 11.6 Å². The van der Waals surface area contributed by atoms with Gasteiger partial charge >= 0.3 is 5.97 Å². The van der Waals surface area contributed by atoms with Crippen LogP contribution in [-0.2, 0) is 23.7 Å². The van der Waals surface area contributed by atoms with Crippen molar-refractivity contribution in [1.29, 1.82) is 0 Å². The van der Waals surface area contributed by atoms with E-state index in [1.165, 1.54) is 13.4 Å². The van der Waals surface area contributed by atoms with Crippen molar-refractivity contribution < 1.29 is 28.8 Å². The lowest BCUT2D eigenvalue weighted by Gasteiger charge is -2.36. The van der Waals surface area contributed by atoms with Crippen molar-refractivity contribution in [3.63, 3.8) is 0 Å². The summed E-state index contributed by atoms with van der Waals surface area (Å²) in [6.45, 7) is 4.31. The van der Waals surface area contributed by atoms with E-state index in [9.17, 15) is 9.90 Å². The number of esters is 1. The summed E-state index contributed by atoms with van der Waals surface area (Å²) in [4.78, 5) is 11.9. The molecule has 1 heterocycles. The highest BCUT2D eigenvalue weighted by Gasteiger charge is 2.45. The van der Waals surface area contributed by atoms with Gasteiger partial charge in [0.1, 0.15) is 0 Å². The normalized spacial score (nSPS) is 28.3. The predicted octanol–water partition coefficient (Wildman–Crippen LogP) is 1.74. The number of methoxy groups -OCH3 is 1. The van der Waals surface area contributed by atoms with Crippen molar-refractivity contribution in [1.82, 2.24) is 0 Å². The Balaban J connectivity index is 2.18. The number of carbonyl (C=O) groups is 1. The van der Waals surface area contributed by atoms with Gasteiger partial charge in [0, 0.05) is 19.1 Å². The smallest absolute Gasteiger partial charge is 0.337 e. The molecule has 0 aromatic heterocycles. The molecule has 0 aromatic rings. The van der Waals surface area contributed by atoms with Crippen molar-refractivity contribution in [3.8, 4) is 0 Å². The number of fused-ring (bicyclic) bond motifs is 1. The number of carbonyl (C=O) groups excluding carboxylic acids is 1. The molecule has 0 bridgehead atoms. The minimum Gasteiger partial charge on any atom is -0.471 e. The van der Waals surface area contributed by atoms with E-state index in [1.807, 2.05) is 13.8 Å². The molecular formula is C16H24O6. The van der Waals surface area contributed by atoms with Crippen LogP contribution < -0.4 is 0 Å². The standard InChI is InChI=1S/C16H24O6/c1-4-20-10(2)22-16-14-11(7-8-17)5-6-12(14)13(9-21-16)15(18)19-3/h5,9-10,12,14,16-17H,4,6-8H2,1-3H3/t10?,12-,14+,16+/m1/s1. The molecule has 0 spiro atoms. The highest BCUT2D eigenvalue weighted by molar-refractivity contribution is 5.89. The molecule has 1 N–H and O–H groups in total. The van der Waals surface area contributed by atoms with Crippen LogP contribution in [0.25, 0.3) is 0 Å². The van der Waals surface area contributed by atoms with E-state index >= 15 is 0 Å². The number of allylic oxidation sites excluding steroid dienone is 1. The molecular weight excluding hydrogens is 288 g/mol. The molecule has 6 heteroatoms. The minimum atomic E-state index is -0.528. The van der Waals surface area contributed by atoms with E-state index in [0.29, 0.717) is 25.0 Å². The van der Waals surface area contributed by atoms with Crippen molar-refractivity contribution in [2.75, 3.05) is 20.3 Å². The van der Waals surface area contributed by atoms with Gasteiger partial charge in [0.2, 0.25) is 6.29 Å². The first kappa shape index (κ1) is 17.0. The zero-order valence-electron chi connectivity index (χ0n) is 13.3. The molecule has 0 saturated heterocycles. The van der Waals surface area contributed by atoms with Crippen LogP contribution >= 0.6 is 0 Å². The van der Waals surface area contributed by atoms with Crippen LogP contribution in [0.2, 0.25) is 0 Å². The average Bonchev–Trinajstić information content (AvgIpc) is 2.92. The Morgan fingerprint density at radius 3 is 2.95 bits per heavy atom. The predicted molar refractivity (Wildman–Crippen MR) is 78.5 cm³/mol. The number of aliphatic hydroxyl groups is 1. The molecule has 0 aromatic carbocycles. The van der Waals surface area contributed by atoms with Crippen LogP contribution in [-0.4, -0.2) is 44.0 Å². The third-order valence-corrected chi connectivity index (χ3v) is 4.07. The van der Waals surface area contributed by atoms with Crippen molar-refractivity contribution in [2.24, 2.45) is 11.8 Å². The maximum absolute atomic E-state index is 11.9. The van der Waals surface area contributed by atoms with E-state index in [0.717, 1.165) is 5.57 Å². The molecule has 22 heavy (non-hydrogen) atoms. The Hall–Kier alpha value is -1.37. The molecule has 1 aliphatic heterocycles. The molecule has 0 saturated carbocycles. The molecule has 0 radical (unpaired) electrons. The third-order valence-electron chi connectivity index (χ3n) is 4.07. The van der Waals surface area contributed by atoms with Crippen molar-refractivity contribution in [3.05, 3.63) is 23.5 Å². The second-order valence-electron chi connectivity index (χ2n) is 5.35. The molecule has 4 atom stereocenters. The van der Waals surface area contributed by atoms with E-state index in [2.05, 4.69) is 6.08 Å². The molecule has 2 rings (SSSR count). The van der Waals surface area contributed by atoms with E-state index in [-0.39, 0.29) is 24.4 Å². The first-order chi connectivity index (χ1) is 10.6. The summed E-state index contributed by atoms with van der Waals surface area (Å²) in [5, 5.41) is 9.24. The van der Waals surface area contributed by atoms with Crippen LogP contribution in [0.3, 0.4) is 0 Å². The molecule has 124 valence electrons. The van der Waals surface area contributed by atoms with Gasteiger partial charge in [-0.2, -0.15) is 0 Å². The zero-order valence-corrected chi connectivity index (χ0v) is 13.3. The third kappa shape index (κ3) is 3.51. The van der Waals surface area contributed by atoms with Gasteiger partial charge in [-0.3, -0.25) is 0 Å². The van der Waals surface area contributed by atoms with Crippen LogP contribution in [0, 0.1) is 11.8 Å². The van der Waals surface area contributed by atoms with Gasteiger partial charge in [-0.15, -0.1) is 0 Å². The number of hydrogen-bond donors (Lipinski definition) is 1. The molecule has 0 fully saturated rings. The lowest BCUT2D eigenvalue weighted by molar-refractivity contribution is -0.242. The number of hydrogen-bond acceptors (Lipinski definition) is 6. The Kier molecular flexibility index (Phi) is 5.99. The van der Waals surface area contributed by atoms with Crippen LogP contribution in [0.4, 0.5) is 0 Å². The Morgan fingerprint density at radius 2 is 2.32 bits per heavy atom. The summed E-state index contributed by atoms with van der Waals surface area (Å²) in [5.41, 5.74) is 1.57. The number of rotatable bonds is 7. The lowest BCUT2D eigenvalue weighted by Crippen LogP contribution is -2.39. The Morgan fingerprint density at radius 1 is 1.55 bits per heavy atom. The van der Waals surface area contributed by atoms with Gasteiger partial charge in [-0.05, 0) is 26.7 Å². The summed E-state index contributed by atoms with van der Waals surface area (Å²) in [5.74, 6) is -0.527. The molecule has 2 aliphatic rings. The Labute approximate surface area is 130 Å².